The fourth-order valence-electron chi connectivity index (χ4n) is 5.78. The van der Waals surface area contributed by atoms with Crippen LogP contribution in [0.3, 0.4) is 0 Å². The van der Waals surface area contributed by atoms with Crippen LogP contribution in [0, 0.1) is 0 Å². The van der Waals surface area contributed by atoms with Crippen LogP contribution in [0.2, 0.25) is 0 Å². The number of fused-ring (bicyclic) bond motifs is 1. The summed E-state index contributed by atoms with van der Waals surface area (Å²) in [6.45, 7) is 14.8. The Morgan fingerprint density at radius 2 is 1.88 bits per heavy atom. The molecule has 0 aliphatic carbocycles. The number of benzene rings is 1. The first kappa shape index (κ1) is 35.2. The molecule has 0 bridgehead atoms. The molecule has 1 aromatic carbocycles. The number of aldehydes is 1. The third-order valence-electron chi connectivity index (χ3n) is 8.27. The van der Waals surface area contributed by atoms with E-state index < -0.39 is 0 Å². The zero-order valence-corrected chi connectivity index (χ0v) is 27.8. The van der Waals surface area contributed by atoms with Crippen molar-refractivity contribution in [3.05, 3.63) is 41.1 Å². The molecule has 2 aliphatic heterocycles. The van der Waals surface area contributed by atoms with E-state index in [-0.39, 0.29) is 0 Å². The Labute approximate surface area is 252 Å². The Bertz CT molecular complexity index is 965. The normalized spacial score (nSPS) is 19.6. The Kier molecular flexibility index (Phi) is 15.9. The monoisotopic (exact) mass is 569 g/mol. The molecule has 2 unspecified atom stereocenters. The van der Waals surface area contributed by atoms with E-state index in [1.807, 2.05) is 6.20 Å². The summed E-state index contributed by atoms with van der Waals surface area (Å²) in [6.07, 6.45) is 13.5. The van der Waals surface area contributed by atoms with Gasteiger partial charge in [-0.1, -0.05) is 44.4 Å². The van der Waals surface area contributed by atoms with Gasteiger partial charge in [0.1, 0.15) is 12.0 Å². The summed E-state index contributed by atoms with van der Waals surface area (Å²) >= 11 is 0. The van der Waals surface area contributed by atoms with E-state index in [9.17, 15) is 4.79 Å². The lowest BCUT2D eigenvalue weighted by atomic mass is 9.93. The van der Waals surface area contributed by atoms with Gasteiger partial charge in [0.05, 0.1) is 40.8 Å². The number of ether oxygens (including phenoxy) is 1. The van der Waals surface area contributed by atoms with Gasteiger partial charge in [-0.3, -0.25) is 9.89 Å². The van der Waals surface area contributed by atoms with E-state index in [0.717, 1.165) is 68.2 Å². The molecule has 0 saturated carbocycles. The number of unbranched alkanes of at least 4 members (excludes halogenated alkanes) is 1. The highest BCUT2D eigenvalue weighted by atomic mass is 16.5. The largest absolute Gasteiger partial charge is 0.493 e. The van der Waals surface area contributed by atoms with Crippen LogP contribution in [0.1, 0.15) is 96.1 Å². The number of quaternary nitrogens is 1. The molecule has 232 valence electrons. The molecule has 1 fully saturated rings. The van der Waals surface area contributed by atoms with Crippen LogP contribution in [0.25, 0.3) is 0 Å². The Morgan fingerprint density at radius 1 is 1.12 bits per heavy atom. The fraction of sp³-hybridized carbons (Fsp3) is 0.714. The predicted molar refractivity (Wildman–Crippen MR) is 175 cm³/mol. The minimum atomic E-state index is 0.450. The second-order valence-corrected chi connectivity index (χ2v) is 13.3. The van der Waals surface area contributed by atoms with Gasteiger partial charge in [0, 0.05) is 43.9 Å². The molecule has 0 radical (unpaired) electrons. The molecule has 0 amide bonds. The summed E-state index contributed by atoms with van der Waals surface area (Å²) in [5.41, 5.74) is 5.25. The van der Waals surface area contributed by atoms with Crippen LogP contribution >= 0.6 is 0 Å². The van der Waals surface area contributed by atoms with E-state index in [0.29, 0.717) is 18.5 Å². The number of hydrogen-bond donors (Lipinski definition) is 0. The Hall–Kier alpha value is -2.02. The van der Waals surface area contributed by atoms with Gasteiger partial charge in [0.15, 0.2) is 0 Å². The highest BCUT2D eigenvalue weighted by Gasteiger charge is 2.32. The smallest absolute Gasteiger partial charge is 0.133 e. The zero-order valence-electron chi connectivity index (χ0n) is 27.8. The molecule has 6 nitrogen and oxygen atoms in total. The summed E-state index contributed by atoms with van der Waals surface area (Å²) in [4.78, 5) is 20.6. The summed E-state index contributed by atoms with van der Waals surface area (Å²) in [5.74, 6) is 1.54. The lowest BCUT2D eigenvalue weighted by Gasteiger charge is -2.25. The first-order chi connectivity index (χ1) is 19.6. The fourth-order valence-corrected chi connectivity index (χ4v) is 5.78. The number of nitrogens with zero attached hydrogens (tertiary/aromatic N) is 4. The maximum Gasteiger partial charge on any atom is 0.133 e. The van der Waals surface area contributed by atoms with Gasteiger partial charge in [-0.25, -0.2) is 0 Å². The van der Waals surface area contributed by atoms with Gasteiger partial charge in [-0.05, 0) is 82.7 Å². The predicted octanol–water partition coefficient (Wildman–Crippen LogP) is 6.74. The second-order valence-electron chi connectivity index (χ2n) is 13.3. The van der Waals surface area contributed by atoms with Crippen molar-refractivity contribution in [2.24, 2.45) is 4.99 Å². The molecule has 0 N–H and O–H groups in total. The van der Waals surface area contributed by atoms with Crippen molar-refractivity contribution < 1.29 is 14.0 Å². The van der Waals surface area contributed by atoms with E-state index in [4.69, 9.17) is 4.74 Å². The Balaban J connectivity index is 0.000000383. The lowest BCUT2D eigenvalue weighted by Crippen LogP contribution is -2.37. The summed E-state index contributed by atoms with van der Waals surface area (Å²) in [7, 11) is 9.00. The van der Waals surface area contributed by atoms with Crippen LogP contribution < -0.4 is 4.74 Å². The second kappa shape index (κ2) is 18.5. The highest BCUT2D eigenvalue weighted by Crippen LogP contribution is 2.36. The molecule has 6 heteroatoms. The van der Waals surface area contributed by atoms with Crippen molar-refractivity contribution >= 4 is 12.0 Å². The van der Waals surface area contributed by atoms with Gasteiger partial charge in [0.2, 0.25) is 0 Å². The lowest BCUT2D eigenvalue weighted by molar-refractivity contribution is -0.870. The average Bonchev–Trinajstić information content (AvgIpc) is 3.56. The number of likely N-dealkylation sites (tertiary alicyclic amines) is 1. The van der Waals surface area contributed by atoms with Crippen molar-refractivity contribution in [3.8, 4) is 5.75 Å². The quantitative estimate of drug-likeness (QED) is 0.126. The van der Waals surface area contributed by atoms with E-state index >= 15 is 0 Å². The van der Waals surface area contributed by atoms with Crippen LogP contribution in [0.4, 0.5) is 0 Å². The van der Waals surface area contributed by atoms with Gasteiger partial charge in [0.25, 0.3) is 0 Å². The molecule has 2 heterocycles. The molecule has 41 heavy (non-hydrogen) atoms. The number of aliphatic imine (C=N–C) groups is 1. The van der Waals surface area contributed by atoms with Gasteiger partial charge in [-0.2, -0.15) is 0 Å². The number of rotatable bonds is 16. The standard InChI is InChI=1S/C24H34N2O2.C11H27N2/c1-4-5-18(2)16-25-19(3)6-8-23-15-22(17-26(23)11-12-27)20-7-9-24-21(14-20)10-13-28-24;1-6-7-9-12(2)10-8-11-13(3,4)5/h7,9,12,14,16,22-23H,4-6,8,10-11,13,15,17H2,1-3H3;6-11H2,1-5H3/q;+1/b18-16-,25-19?;. The number of allylic oxidation sites excluding steroid dienone is 1. The highest BCUT2D eigenvalue weighted by molar-refractivity contribution is 5.82. The molecular formula is C35H61N4O2+. The molecule has 2 aliphatic rings. The zero-order chi connectivity index (χ0) is 30.3. The number of carbonyl (C=O) groups excluding carboxylic acids is 1. The first-order valence-corrected chi connectivity index (χ1v) is 16.2. The summed E-state index contributed by atoms with van der Waals surface area (Å²) in [6, 6.07) is 7.11. The maximum atomic E-state index is 11.2. The minimum Gasteiger partial charge on any atom is -0.493 e. The maximum absolute atomic E-state index is 11.2. The van der Waals surface area contributed by atoms with Crippen molar-refractivity contribution in [2.45, 2.75) is 97.4 Å². The average molecular weight is 570 g/mol. The van der Waals surface area contributed by atoms with E-state index in [1.54, 1.807) is 0 Å². The minimum absolute atomic E-state index is 0.450. The van der Waals surface area contributed by atoms with Crippen molar-refractivity contribution in [1.29, 1.82) is 0 Å². The summed E-state index contributed by atoms with van der Waals surface area (Å²) in [5, 5.41) is 0. The van der Waals surface area contributed by atoms with Crippen molar-refractivity contribution in [1.82, 2.24) is 9.80 Å². The third-order valence-corrected chi connectivity index (χ3v) is 8.27. The Morgan fingerprint density at radius 3 is 2.56 bits per heavy atom. The third kappa shape index (κ3) is 13.7. The summed E-state index contributed by atoms with van der Waals surface area (Å²) < 4.78 is 6.73. The van der Waals surface area contributed by atoms with Gasteiger partial charge < -0.3 is 18.9 Å². The van der Waals surface area contributed by atoms with Gasteiger partial charge >= 0.3 is 0 Å². The first-order valence-electron chi connectivity index (χ1n) is 16.2. The SMILES string of the molecule is CCC/C(C)=C\N=C(C)CCC1CC(c2ccc3c(c2)CCO3)CN1CC=O.CCCCN(C)CCC[N+](C)(C)C. The van der Waals surface area contributed by atoms with E-state index in [2.05, 4.69) is 88.9 Å². The molecule has 1 saturated heterocycles. The van der Waals surface area contributed by atoms with Crippen molar-refractivity contribution in [2.75, 3.05) is 67.5 Å². The van der Waals surface area contributed by atoms with Crippen LogP contribution in [0.15, 0.2) is 35.0 Å². The van der Waals surface area contributed by atoms with Gasteiger partial charge in [-0.15, -0.1) is 0 Å². The molecule has 0 aromatic heterocycles. The van der Waals surface area contributed by atoms with Crippen LogP contribution in [-0.4, -0.2) is 99.8 Å². The number of carbonyl (C=O) groups is 1. The van der Waals surface area contributed by atoms with Crippen molar-refractivity contribution in [3.63, 3.8) is 0 Å². The number of hydrogen-bond acceptors (Lipinski definition) is 5. The van der Waals surface area contributed by atoms with E-state index in [1.165, 1.54) is 61.3 Å². The molecule has 3 rings (SSSR count). The topological polar surface area (TPSA) is 45.1 Å². The van der Waals surface area contributed by atoms with Crippen LogP contribution in [-0.2, 0) is 11.2 Å². The molecule has 2 atom stereocenters. The van der Waals surface area contributed by atoms with Crippen LogP contribution in [0.5, 0.6) is 5.75 Å². The molecular weight excluding hydrogens is 508 g/mol. The molecule has 1 aromatic rings. The molecule has 0 spiro atoms.